The molecule has 0 fully saturated rings. The van der Waals surface area contributed by atoms with E-state index in [2.05, 4.69) is 6.58 Å². The summed E-state index contributed by atoms with van der Waals surface area (Å²) in [4.78, 5) is 12.6. The zero-order valence-electron chi connectivity index (χ0n) is 8.14. The fraction of sp³-hybridized carbons (Fsp3) is 0.625. The Morgan fingerprint density at radius 2 is 2.14 bits per heavy atom. The fourth-order valence-electron chi connectivity index (χ4n) is 0.910. The van der Waals surface area contributed by atoms with Gasteiger partial charge in [0.25, 0.3) is 0 Å². The summed E-state index contributed by atoms with van der Waals surface area (Å²) >= 11 is 0. The van der Waals surface area contributed by atoms with E-state index in [0.717, 1.165) is 6.26 Å². The van der Waals surface area contributed by atoms with Crippen LogP contribution in [-0.4, -0.2) is 56.0 Å². The van der Waals surface area contributed by atoms with Crippen molar-refractivity contribution in [2.75, 3.05) is 31.7 Å². The van der Waals surface area contributed by atoms with Crippen molar-refractivity contribution in [2.45, 2.75) is 0 Å². The first kappa shape index (κ1) is 13.1. The number of hydrogen-bond acceptors (Lipinski definition) is 4. The molecule has 0 aromatic carbocycles. The van der Waals surface area contributed by atoms with Crippen LogP contribution in [-0.2, 0) is 14.6 Å². The molecule has 0 aromatic rings. The van der Waals surface area contributed by atoms with Crippen LogP contribution in [0.5, 0.6) is 0 Å². The third kappa shape index (κ3) is 5.71. The molecule has 0 radical (unpaired) electrons. The Morgan fingerprint density at radius 3 is 2.50 bits per heavy atom. The predicted octanol–water partition coefficient (Wildman–Crippen LogP) is -0.962. The number of aliphatic hydroxyl groups is 1. The molecule has 0 spiro atoms. The van der Waals surface area contributed by atoms with Crippen LogP contribution in [0.15, 0.2) is 12.7 Å². The minimum absolute atomic E-state index is 0.125. The van der Waals surface area contributed by atoms with Crippen LogP contribution in [0.1, 0.15) is 0 Å². The van der Waals surface area contributed by atoms with Gasteiger partial charge in [-0.3, -0.25) is 4.79 Å². The highest BCUT2D eigenvalue weighted by Crippen LogP contribution is 1.94. The number of hydrogen-bond donors (Lipinski definition) is 1. The molecule has 0 rings (SSSR count). The Labute approximate surface area is 83.9 Å². The van der Waals surface area contributed by atoms with E-state index in [9.17, 15) is 13.2 Å². The molecule has 5 nitrogen and oxygen atoms in total. The van der Waals surface area contributed by atoms with E-state index >= 15 is 0 Å². The third-order valence-electron chi connectivity index (χ3n) is 1.46. The lowest BCUT2D eigenvalue weighted by Gasteiger charge is -2.19. The molecule has 0 heterocycles. The highest BCUT2D eigenvalue weighted by atomic mass is 32.2. The minimum atomic E-state index is -3.31. The molecule has 0 bridgehead atoms. The van der Waals surface area contributed by atoms with Gasteiger partial charge >= 0.3 is 0 Å². The number of rotatable bonds is 6. The molecule has 0 aliphatic heterocycles. The van der Waals surface area contributed by atoms with E-state index in [4.69, 9.17) is 5.11 Å². The number of aliphatic hydroxyl groups excluding tert-OH is 1. The van der Waals surface area contributed by atoms with Gasteiger partial charge in [0.1, 0.15) is 5.75 Å². The Bertz CT molecular complexity index is 296. The van der Waals surface area contributed by atoms with Gasteiger partial charge in [-0.25, -0.2) is 8.42 Å². The molecular formula is C8H15NO4S. The van der Waals surface area contributed by atoms with Gasteiger partial charge in [-0.15, -0.1) is 6.58 Å². The van der Waals surface area contributed by atoms with Gasteiger partial charge in [-0.2, -0.15) is 0 Å². The van der Waals surface area contributed by atoms with E-state index in [1.54, 1.807) is 0 Å². The van der Waals surface area contributed by atoms with Crippen molar-refractivity contribution in [3.8, 4) is 0 Å². The van der Waals surface area contributed by atoms with Gasteiger partial charge in [0.2, 0.25) is 5.91 Å². The second kappa shape index (κ2) is 5.77. The van der Waals surface area contributed by atoms with Crippen molar-refractivity contribution in [3.63, 3.8) is 0 Å². The van der Waals surface area contributed by atoms with E-state index in [0.29, 0.717) is 0 Å². The summed E-state index contributed by atoms with van der Waals surface area (Å²) in [5, 5.41) is 8.63. The van der Waals surface area contributed by atoms with Gasteiger partial charge in [0.05, 0.1) is 6.61 Å². The van der Waals surface area contributed by atoms with Crippen LogP contribution in [0.2, 0.25) is 0 Å². The maximum absolute atomic E-state index is 11.3. The lowest BCUT2D eigenvalue weighted by Crippen LogP contribution is -2.37. The summed E-state index contributed by atoms with van der Waals surface area (Å²) in [6.45, 7) is 3.62. The van der Waals surface area contributed by atoms with Crippen LogP contribution in [0.4, 0.5) is 0 Å². The molecule has 0 saturated carbocycles. The number of carbonyl (C=O) groups excluding carboxylic acids is 1. The first-order valence-corrected chi connectivity index (χ1v) is 6.14. The first-order chi connectivity index (χ1) is 6.40. The van der Waals surface area contributed by atoms with Gasteiger partial charge in [-0.1, -0.05) is 6.08 Å². The highest BCUT2D eigenvalue weighted by Gasteiger charge is 2.16. The number of nitrogens with zero attached hydrogens (tertiary/aromatic N) is 1. The molecule has 1 amide bonds. The normalized spacial score (nSPS) is 11.0. The zero-order chi connectivity index (χ0) is 11.2. The molecule has 0 aliphatic carbocycles. The summed E-state index contributed by atoms with van der Waals surface area (Å²) < 4.78 is 21.6. The maximum Gasteiger partial charge on any atom is 0.238 e. The molecule has 0 saturated heterocycles. The molecular weight excluding hydrogens is 206 g/mol. The molecule has 0 atom stereocenters. The Hall–Kier alpha value is -0.880. The molecule has 0 aromatic heterocycles. The van der Waals surface area contributed by atoms with Crippen molar-refractivity contribution in [3.05, 3.63) is 12.7 Å². The van der Waals surface area contributed by atoms with Crippen LogP contribution in [0.3, 0.4) is 0 Å². The van der Waals surface area contributed by atoms with Crippen LogP contribution < -0.4 is 0 Å². The van der Waals surface area contributed by atoms with Gasteiger partial charge in [-0.05, 0) is 0 Å². The van der Waals surface area contributed by atoms with Crippen molar-refractivity contribution < 1.29 is 18.3 Å². The van der Waals surface area contributed by atoms with Crippen LogP contribution in [0, 0.1) is 0 Å². The summed E-state index contributed by atoms with van der Waals surface area (Å²) in [6.07, 6.45) is 2.48. The lowest BCUT2D eigenvalue weighted by molar-refractivity contribution is -0.128. The third-order valence-corrected chi connectivity index (χ3v) is 2.23. The maximum atomic E-state index is 11.3. The number of amides is 1. The van der Waals surface area contributed by atoms with E-state index in [1.807, 2.05) is 0 Å². The van der Waals surface area contributed by atoms with E-state index in [1.165, 1.54) is 11.0 Å². The molecule has 1 N–H and O–H groups in total. The molecule has 82 valence electrons. The van der Waals surface area contributed by atoms with Gasteiger partial charge in [0, 0.05) is 19.3 Å². The van der Waals surface area contributed by atoms with Crippen molar-refractivity contribution >= 4 is 15.7 Å². The topological polar surface area (TPSA) is 74.7 Å². The lowest BCUT2D eigenvalue weighted by atomic mass is 10.4. The predicted molar refractivity (Wildman–Crippen MR) is 53.6 cm³/mol. The van der Waals surface area contributed by atoms with E-state index in [-0.39, 0.29) is 19.7 Å². The smallest absolute Gasteiger partial charge is 0.238 e. The minimum Gasteiger partial charge on any atom is -0.395 e. The molecule has 6 heteroatoms. The summed E-state index contributed by atoms with van der Waals surface area (Å²) in [5.41, 5.74) is 0. The average Bonchev–Trinajstić information content (AvgIpc) is 2.01. The van der Waals surface area contributed by atoms with Crippen molar-refractivity contribution in [1.82, 2.24) is 4.90 Å². The Morgan fingerprint density at radius 1 is 1.57 bits per heavy atom. The SMILES string of the molecule is C=CCN(CCO)C(=O)CS(C)(=O)=O. The largest absolute Gasteiger partial charge is 0.395 e. The number of sulfone groups is 1. The summed E-state index contributed by atoms with van der Waals surface area (Å²) in [5.74, 6) is -1.04. The number of carbonyl (C=O) groups is 1. The van der Waals surface area contributed by atoms with Crippen LogP contribution >= 0.6 is 0 Å². The standard InChI is InChI=1S/C8H15NO4S/c1-3-4-9(5-6-10)8(11)7-14(2,12)13/h3,10H,1,4-7H2,2H3. The molecule has 0 unspecified atom stereocenters. The fourth-order valence-corrected chi connectivity index (χ4v) is 1.54. The van der Waals surface area contributed by atoms with Crippen LogP contribution in [0.25, 0.3) is 0 Å². The summed E-state index contributed by atoms with van der Waals surface area (Å²) in [7, 11) is -3.31. The second-order valence-electron chi connectivity index (χ2n) is 2.92. The highest BCUT2D eigenvalue weighted by molar-refractivity contribution is 7.91. The van der Waals surface area contributed by atoms with E-state index < -0.39 is 21.5 Å². The van der Waals surface area contributed by atoms with Crippen molar-refractivity contribution in [2.24, 2.45) is 0 Å². The summed E-state index contributed by atoms with van der Waals surface area (Å²) in [6, 6.07) is 0. The van der Waals surface area contributed by atoms with Gasteiger partial charge < -0.3 is 10.0 Å². The monoisotopic (exact) mass is 221 g/mol. The Kier molecular flexibility index (Phi) is 5.40. The second-order valence-corrected chi connectivity index (χ2v) is 5.06. The van der Waals surface area contributed by atoms with Gasteiger partial charge in [0.15, 0.2) is 9.84 Å². The first-order valence-electron chi connectivity index (χ1n) is 4.08. The Balaban J connectivity index is 4.36. The average molecular weight is 221 g/mol. The quantitative estimate of drug-likeness (QED) is 0.586. The molecule has 14 heavy (non-hydrogen) atoms. The zero-order valence-corrected chi connectivity index (χ0v) is 8.96. The van der Waals surface area contributed by atoms with Crippen molar-refractivity contribution in [1.29, 1.82) is 0 Å². The molecule has 0 aliphatic rings.